The largest absolute Gasteiger partial charge is 0.467 e. The molecule has 0 amide bonds. The number of carbonyl (C=O) groups excluding carboxylic acids is 1. The molecule has 2 aliphatic rings. The Kier molecular flexibility index (Phi) is 2.28. The van der Waals surface area contributed by atoms with Gasteiger partial charge in [-0.1, -0.05) is 25.7 Å². The van der Waals surface area contributed by atoms with Crippen LogP contribution in [0.25, 0.3) is 0 Å². The molecule has 1 aliphatic carbocycles. The van der Waals surface area contributed by atoms with Crippen LogP contribution in [0.15, 0.2) is 0 Å². The summed E-state index contributed by atoms with van der Waals surface area (Å²) in [4.78, 5) is 11.2. The van der Waals surface area contributed by atoms with E-state index < -0.39 is 0 Å². The third kappa shape index (κ3) is 1.57. The van der Waals surface area contributed by atoms with E-state index in [1.165, 1.54) is 32.8 Å². The molecule has 1 spiro atoms. The van der Waals surface area contributed by atoms with Crippen LogP contribution in [-0.2, 0) is 14.3 Å². The lowest BCUT2D eigenvalue weighted by Crippen LogP contribution is -2.21. The van der Waals surface area contributed by atoms with E-state index in [0.29, 0.717) is 0 Å². The molecule has 74 valence electrons. The van der Waals surface area contributed by atoms with E-state index in [9.17, 15) is 4.79 Å². The molecule has 3 nitrogen and oxygen atoms in total. The Morgan fingerprint density at radius 2 is 1.92 bits per heavy atom. The highest BCUT2D eigenvalue weighted by molar-refractivity contribution is 5.79. The van der Waals surface area contributed by atoms with E-state index >= 15 is 0 Å². The van der Waals surface area contributed by atoms with Crippen LogP contribution in [0, 0.1) is 0 Å². The highest BCUT2D eigenvalue weighted by atomic mass is 16.7. The van der Waals surface area contributed by atoms with Crippen LogP contribution >= 0.6 is 0 Å². The first-order valence-electron chi connectivity index (χ1n) is 5.04. The van der Waals surface area contributed by atoms with Crippen molar-refractivity contribution in [3.63, 3.8) is 0 Å². The van der Waals surface area contributed by atoms with Gasteiger partial charge in [0.05, 0.1) is 7.11 Å². The average Bonchev–Trinajstić information content (AvgIpc) is 2.90. The first-order valence-corrected chi connectivity index (χ1v) is 5.04. The highest BCUT2D eigenvalue weighted by Crippen LogP contribution is 2.47. The first kappa shape index (κ1) is 9.00. The smallest absolute Gasteiger partial charge is 0.338 e. The standard InChI is InChI=1S/C10H16O3/c1-12-9(11)8-10(13-8)6-4-2-3-5-7-10/h8H,2-7H2,1H3. The van der Waals surface area contributed by atoms with Gasteiger partial charge in [0, 0.05) is 0 Å². The second-order valence-electron chi connectivity index (χ2n) is 4.00. The highest BCUT2D eigenvalue weighted by Gasteiger charge is 2.60. The molecule has 0 aromatic carbocycles. The third-order valence-electron chi connectivity index (χ3n) is 3.14. The Morgan fingerprint density at radius 3 is 2.46 bits per heavy atom. The summed E-state index contributed by atoms with van der Waals surface area (Å²) in [5.74, 6) is -0.193. The van der Waals surface area contributed by atoms with Gasteiger partial charge >= 0.3 is 5.97 Å². The number of hydrogen-bond donors (Lipinski definition) is 0. The quantitative estimate of drug-likeness (QED) is 0.459. The number of carbonyl (C=O) groups is 1. The maximum Gasteiger partial charge on any atom is 0.338 e. The Balaban J connectivity index is 1.95. The molecular weight excluding hydrogens is 168 g/mol. The minimum absolute atomic E-state index is 0.121. The number of epoxide rings is 1. The molecule has 2 fully saturated rings. The molecule has 0 bridgehead atoms. The van der Waals surface area contributed by atoms with Crippen molar-refractivity contribution in [3.8, 4) is 0 Å². The zero-order valence-corrected chi connectivity index (χ0v) is 8.04. The fourth-order valence-electron chi connectivity index (χ4n) is 2.28. The summed E-state index contributed by atoms with van der Waals surface area (Å²) in [5, 5.41) is 0. The van der Waals surface area contributed by atoms with Gasteiger partial charge < -0.3 is 9.47 Å². The minimum Gasteiger partial charge on any atom is -0.467 e. The van der Waals surface area contributed by atoms with Crippen molar-refractivity contribution in [2.75, 3.05) is 7.11 Å². The molecule has 1 heterocycles. The van der Waals surface area contributed by atoms with Crippen molar-refractivity contribution in [3.05, 3.63) is 0 Å². The van der Waals surface area contributed by atoms with Crippen LogP contribution in [0.3, 0.4) is 0 Å². The molecular formula is C10H16O3. The van der Waals surface area contributed by atoms with Gasteiger partial charge in [0.15, 0.2) is 6.10 Å². The minimum atomic E-state index is -0.254. The third-order valence-corrected chi connectivity index (χ3v) is 3.14. The Labute approximate surface area is 78.4 Å². The molecule has 0 aromatic heterocycles. The zero-order chi connectivity index (χ0) is 9.31. The van der Waals surface area contributed by atoms with Gasteiger partial charge in [-0.3, -0.25) is 0 Å². The van der Waals surface area contributed by atoms with Gasteiger partial charge in [-0.2, -0.15) is 0 Å². The number of rotatable bonds is 1. The summed E-state index contributed by atoms with van der Waals surface area (Å²) in [6.07, 6.45) is 6.74. The molecule has 0 N–H and O–H groups in total. The van der Waals surface area contributed by atoms with E-state index in [4.69, 9.17) is 4.74 Å². The first-order chi connectivity index (χ1) is 6.28. The topological polar surface area (TPSA) is 38.8 Å². The van der Waals surface area contributed by atoms with Gasteiger partial charge in [0.25, 0.3) is 0 Å². The lowest BCUT2D eigenvalue weighted by Gasteiger charge is -2.06. The van der Waals surface area contributed by atoms with Gasteiger partial charge in [-0.15, -0.1) is 0 Å². The van der Waals surface area contributed by atoms with E-state index in [0.717, 1.165) is 12.8 Å². The molecule has 1 aliphatic heterocycles. The molecule has 1 saturated heterocycles. The molecule has 1 saturated carbocycles. The summed E-state index contributed by atoms with van der Waals surface area (Å²) in [7, 11) is 1.43. The van der Waals surface area contributed by atoms with E-state index in [1.54, 1.807) is 0 Å². The van der Waals surface area contributed by atoms with E-state index in [-0.39, 0.29) is 17.7 Å². The van der Waals surface area contributed by atoms with Crippen LogP contribution in [-0.4, -0.2) is 24.8 Å². The predicted molar refractivity (Wildman–Crippen MR) is 47.3 cm³/mol. The maximum absolute atomic E-state index is 11.2. The predicted octanol–water partition coefficient (Wildman–Crippen LogP) is 1.65. The Hall–Kier alpha value is -0.570. The van der Waals surface area contributed by atoms with Crippen LogP contribution in [0.2, 0.25) is 0 Å². The lowest BCUT2D eigenvalue weighted by molar-refractivity contribution is -0.142. The molecule has 1 atom stereocenters. The molecule has 1 unspecified atom stereocenters. The van der Waals surface area contributed by atoms with Crippen molar-refractivity contribution in [2.24, 2.45) is 0 Å². The number of ether oxygens (including phenoxy) is 2. The van der Waals surface area contributed by atoms with Crippen molar-refractivity contribution >= 4 is 5.97 Å². The second kappa shape index (κ2) is 3.29. The summed E-state index contributed by atoms with van der Waals surface area (Å²) >= 11 is 0. The SMILES string of the molecule is COC(=O)C1OC12CCCCCC2. The fraction of sp³-hybridized carbons (Fsp3) is 0.900. The molecule has 3 heteroatoms. The van der Waals surface area contributed by atoms with Gasteiger partial charge in [-0.25, -0.2) is 4.79 Å². The normalized spacial score (nSPS) is 31.0. The molecule has 0 aromatic rings. The van der Waals surface area contributed by atoms with Crippen LogP contribution in [0.5, 0.6) is 0 Å². The molecule has 0 radical (unpaired) electrons. The molecule has 2 rings (SSSR count). The van der Waals surface area contributed by atoms with Crippen LogP contribution in [0.4, 0.5) is 0 Å². The van der Waals surface area contributed by atoms with Crippen molar-refractivity contribution in [1.29, 1.82) is 0 Å². The monoisotopic (exact) mass is 184 g/mol. The maximum atomic E-state index is 11.2. The summed E-state index contributed by atoms with van der Waals surface area (Å²) in [6, 6.07) is 0. The summed E-state index contributed by atoms with van der Waals surface area (Å²) < 4.78 is 10.2. The summed E-state index contributed by atoms with van der Waals surface area (Å²) in [6.45, 7) is 0. The average molecular weight is 184 g/mol. The van der Waals surface area contributed by atoms with Gasteiger partial charge in [0.2, 0.25) is 0 Å². The Morgan fingerprint density at radius 1 is 1.31 bits per heavy atom. The molecule has 13 heavy (non-hydrogen) atoms. The zero-order valence-electron chi connectivity index (χ0n) is 8.04. The fourth-order valence-corrected chi connectivity index (χ4v) is 2.28. The van der Waals surface area contributed by atoms with Gasteiger partial charge in [0.1, 0.15) is 5.60 Å². The number of esters is 1. The van der Waals surface area contributed by atoms with Gasteiger partial charge in [-0.05, 0) is 12.8 Å². The van der Waals surface area contributed by atoms with Crippen LogP contribution < -0.4 is 0 Å². The number of methoxy groups -OCH3 is 1. The van der Waals surface area contributed by atoms with Crippen molar-refractivity contribution in [1.82, 2.24) is 0 Å². The Bertz CT molecular complexity index is 204. The van der Waals surface area contributed by atoms with Crippen LogP contribution in [0.1, 0.15) is 38.5 Å². The number of hydrogen-bond acceptors (Lipinski definition) is 3. The summed E-state index contributed by atoms with van der Waals surface area (Å²) in [5.41, 5.74) is -0.121. The van der Waals surface area contributed by atoms with Crippen molar-refractivity contribution in [2.45, 2.75) is 50.2 Å². The van der Waals surface area contributed by atoms with E-state index in [1.807, 2.05) is 0 Å². The van der Waals surface area contributed by atoms with E-state index in [2.05, 4.69) is 4.74 Å². The lowest BCUT2D eigenvalue weighted by atomic mass is 9.96. The van der Waals surface area contributed by atoms with Crippen molar-refractivity contribution < 1.29 is 14.3 Å². The second-order valence-corrected chi connectivity index (χ2v) is 4.00.